The number of hydrogen-bond donors (Lipinski definition) is 1. The molecule has 25 heavy (non-hydrogen) atoms. The number of benzene rings is 1. The van der Waals surface area contributed by atoms with Crippen molar-refractivity contribution in [1.82, 2.24) is 9.97 Å². The van der Waals surface area contributed by atoms with Gasteiger partial charge in [0.1, 0.15) is 5.82 Å². The standard InChI is InChI=1S/C20H26N4O/c1-4-18-7-5-6-12-24(18)19-13-14(2)21-20(23-19)22-17-10-8-16(9-11-17)15(3)25/h8-11,13,18H,4-7,12H2,1-3H3,(H,21,22,23). The number of piperidine rings is 1. The topological polar surface area (TPSA) is 58.1 Å². The summed E-state index contributed by atoms with van der Waals surface area (Å²) in [4.78, 5) is 23.1. The van der Waals surface area contributed by atoms with Gasteiger partial charge in [0.05, 0.1) is 0 Å². The zero-order chi connectivity index (χ0) is 17.8. The Morgan fingerprint density at radius 2 is 2.00 bits per heavy atom. The Morgan fingerprint density at radius 3 is 2.68 bits per heavy atom. The number of rotatable bonds is 5. The molecule has 5 heteroatoms. The third kappa shape index (κ3) is 4.16. The van der Waals surface area contributed by atoms with Gasteiger partial charge in [-0.25, -0.2) is 4.98 Å². The zero-order valence-electron chi connectivity index (χ0n) is 15.2. The van der Waals surface area contributed by atoms with Gasteiger partial charge in [-0.2, -0.15) is 4.98 Å². The highest BCUT2D eigenvalue weighted by molar-refractivity contribution is 5.94. The van der Waals surface area contributed by atoms with Crippen LogP contribution in [0.25, 0.3) is 0 Å². The molecule has 0 spiro atoms. The number of aromatic nitrogens is 2. The van der Waals surface area contributed by atoms with E-state index >= 15 is 0 Å². The number of aryl methyl sites for hydroxylation is 1. The van der Waals surface area contributed by atoms with Gasteiger partial charge in [-0.15, -0.1) is 0 Å². The Morgan fingerprint density at radius 1 is 1.24 bits per heavy atom. The summed E-state index contributed by atoms with van der Waals surface area (Å²) in [5, 5.41) is 3.26. The van der Waals surface area contributed by atoms with E-state index in [1.54, 1.807) is 6.92 Å². The minimum Gasteiger partial charge on any atom is -0.353 e. The van der Waals surface area contributed by atoms with Gasteiger partial charge in [0, 0.05) is 35.6 Å². The van der Waals surface area contributed by atoms with Crippen LogP contribution in [0.4, 0.5) is 17.5 Å². The lowest BCUT2D eigenvalue weighted by atomic mass is 10.00. The number of hydrogen-bond acceptors (Lipinski definition) is 5. The maximum Gasteiger partial charge on any atom is 0.229 e. The van der Waals surface area contributed by atoms with Crippen molar-refractivity contribution in [2.45, 2.75) is 52.5 Å². The lowest BCUT2D eigenvalue weighted by Gasteiger charge is -2.36. The van der Waals surface area contributed by atoms with Gasteiger partial charge < -0.3 is 10.2 Å². The van der Waals surface area contributed by atoms with Crippen LogP contribution in [-0.2, 0) is 0 Å². The molecule has 1 N–H and O–H groups in total. The van der Waals surface area contributed by atoms with Gasteiger partial charge in [-0.1, -0.05) is 6.92 Å². The van der Waals surface area contributed by atoms with E-state index in [9.17, 15) is 4.79 Å². The van der Waals surface area contributed by atoms with Crippen LogP contribution in [0.5, 0.6) is 0 Å². The molecule has 0 bridgehead atoms. The first kappa shape index (κ1) is 17.4. The van der Waals surface area contributed by atoms with Gasteiger partial charge in [0.15, 0.2) is 5.78 Å². The molecule has 1 atom stereocenters. The van der Waals surface area contributed by atoms with Crippen LogP contribution >= 0.6 is 0 Å². The molecule has 3 rings (SSSR count). The number of carbonyl (C=O) groups is 1. The zero-order valence-corrected chi connectivity index (χ0v) is 15.2. The van der Waals surface area contributed by atoms with Crippen molar-refractivity contribution in [2.75, 3.05) is 16.8 Å². The van der Waals surface area contributed by atoms with Crippen molar-refractivity contribution in [2.24, 2.45) is 0 Å². The van der Waals surface area contributed by atoms with Crippen LogP contribution in [0.1, 0.15) is 55.6 Å². The predicted octanol–water partition coefficient (Wildman–Crippen LogP) is 4.50. The minimum atomic E-state index is 0.0661. The first-order valence-electron chi connectivity index (χ1n) is 9.07. The average molecular weight is 338 g/mol. The van der Waals surface area contributed by atoms with Crippen LogP contribution in [0.3, 0.4) is 0 Å². The van der Waals surface area contributed by atoms with Crippen molar-refractivity contribution >= 4 is 23.2 Å². The summed E-state index contributed by atoms with van der Waals surface area (Å²) in [6, 6.07) is 10.0. The van der Waals surface area contributed by atoms with E-state index in [1.807, 2.05) is 31.2 Å². The minimum absolute atomic E-state index is 0.0661. The molecule has 1 aliphatic heterocycles. The monoisotopic (exact) mass is 338 g/mol. The lowest BCUT2D eigenvalue weighted by molar-refractivity contribution is 0.101. The highest BCUT2D eigenvalue weighted by Gasteiger charge is 2.22. The normalized spacial score (nSPS) is 17.4. The van der Waals surface area contributed by atoms with Crippen molar-refractivity contribution in [3.63, 3.8) is 0 Å². The van der Waals surface area contributed by atoms with Crippen LogP contribution < -0.4 is 10.2 Å². The molecule has 2 aromatic rings. The first-order chi connectivity index (χ1) is 12.1. The number of Topliss-reactive ketones (excluding diaryl/α,β-unsaturated/α-hetero) is 1. The smallest absolute Gasteiger partial charge is 0.229 e. The summed E-state index contributed by atoms with van der Waals surface area (Å²) < 4.78 is 0. The molecule has 2 heterocycles. The summed E-state index contributed by atoms with van der Waals surface area (Å²) in [7, 11) is 0. The number of carbonyl (C=O) groups excluding carboxylic acids is 1. The third-order valence-electron chi connectivity index (χ3n) is 4.78. The molecule has 1 aliphatic rings. The quantitative estimate of drug-likeness (QED) is 0.813. The Kier molecular flexibility index (Phi) is 5.31. The third-order valence-corrected chi connectivity index (χ3v) is 4.78. The molecule has 1 unspecified atom stereocenters. The second-order valence-electron chi connectivity index (χ2n) is 6.70. The molecule has 5 nitrogen and oxygen atoms in total. The van der Waals surface area contributed by atoms with E-state index in [-0.39, 0.29) is 5.78 Å². The summed E-state index contributed by atoms with van der Waals surface area (Å²) in [6.45, 7) is 6.87. The molecule has 132 valence electrons. The van der Waals surface area contributed by atoms with E-state index in [0.29, 0.717) is 17.6 Å². The molecule has 0 aliphatic carbocycles. The molecule has 0 saturated carbocycles. The van der Waals surface area contributed by atoms with Crippen LogP contribution in [0.15, 0.2) is 30.3 Å². The average Bonchev–Trinajstić information content (AvgIpc) is 2.61. The number of ketones is 1. The summed E-state index contributed by atoms with van der Waals surface area (Å²) in [5.74, 6) is 1.67. The summed E-state index contributed by atoms with van der Waals surface area (Å²) >= 11 is 0. The second-order valence-corrected chi connectivity index (χ2v) is 6.70. The van der Waals surface area contributed by atoms with Crippen molar-refractivity contribution < 1.29 is 4.79 Å². The fourth-order valence-corrected chi connectivity index (χ4v) is 3.40. The predicted molar refractivity (Wildman–Crippen MR) is 102 cm³/mol. The van der Waals surface area contributed by atoms with Crippen LogP contribution in [-0.4, -0.2) is 28.3 Å². The summed E-state index contributed by atoms with van der Waals surface area (Å²) in [6.07, 6.45) is 4.88. The molecule has 1 aromatic heterocycles. The van der Waals surface area contributed by atoms with E-state index in [2.05, 4.69) is 28.2 Å². The highest BCUT2D eigenvalue weighted by atomic mass is 16.1. The molecular formula is C20H26N4O. The van der Waals surface area contributed by atoms with E-state index in [4.69, 9.17) is 4.98 Å². The van der Waals surface area contributed by atoms with Gasteiger partial charge in [0.25, 0.3) is 0 Å². The Labute approximate surface area is 149 Å². The first-order valence-corrected chi connectivity index (χ1v) is 9.07. The molecule has 0 radical (unpaired) electrons. The fraction of sp³-hybridized carbons (Fsp3) is 0.450. The Bertz CT molecular complexity index is 742. The van der Waals surface area contributed by atoms with Gasteiger partial charge in [-0.05, 0) is 63.8 Å². The van der Waals surface area contributed by atoms with E-state index in [1.165, 1.54) is 19.3 Å². The van der Waals surface area contributed by atoms with Crippen LogP contribution in [0, 0.1) is 6.92 Å². The van der Waals surface area contributed by atoms with E-state index in [0.717, 1.165) is 30.2 Å². The van der Waals surface area contributed by atoms with Gasteiger partial charge >= 0.3 is 0 Å². The van der Waals surface area contributed by atoms with E-state index < -0.39 is 0 Å². The number of anilines is 3. The molecule has 1 aromatic carbocycles. The SMILES string of the molecule is CCC1CCCCN1c1cc(C)nc(Nc2ccc(C(C)=O)cc2)n1. The lowest BCUT2D eigenvalue weighted by Crippen LogP contribution is -2.39. The largest absolute Gasteiger partial charge is 0.353 e. The van der Waals surface area contributed by atoms with Crippen molar-refractivity contribution in [3.05, 3.63) is 41.6 Å². The molecule has 0 amide bonds. The molecule has 1 fully saturated rings. The Hall–Kier alpha value is -2.43. The summed E-state index contributed by atoms with van der Waals surface area (Å²) in [5.41, 5.74) is 2.54. The Balaban J connectivity index is 1.82. The number of nitrogens with one attached hydrogen (secondary N) is 1. The second kappa shape index (κ2) is 7.64. The highest BCUT2D eigenvalue weighted by Crippen LogP contribution is 2.26. The van der Waals surface area contributed by atoms with Crippen LogP contribution in [0.2, 0.25) is 0 Å². The number of nitrogens with zero attached hydrogens (tertiary/aromatic N) is 3. The fourth-order valence-electron chi connectivity index (χ4n) is 3.40. The van der Waals surface area contributed by atoms with Crippen molar-refractivity contribution in [3.8, 4) is 0 Å². The van der Waals surface area contributed by atoms with Gasteiger partial charge in [0.2, 0.25) is 5.95 Å². The van der Waals surface area contributed by atoms with Gasteiger partial charge in [-0.3, -0.25) is 4.79 Å². The molecular weight excluding hydrogens is 312 g/mol. The van der Waals surface area contributed by atoms with Crippen molar-refractivity contribution in [1.29, 1.82) is 0 Å². The maximum absolute atomic E-state index is 11.4. The molecule has 1 saturated heterocycles. The maximum atomic E-state index is 11.4.